The van der Waals surface area contributed by atoms with Gasteiger partial charge in [0.1, 0.15) is 36.5 Å². The van der Waals surface area contributed by atoms with Crippen LogP contribution < -0.4 is 21.5 Å². The van der Waals surface area contributed by atoms with E-state index >= 15 is 0 Å². The van der Waals surface area contributed by atoms with Crippen LogP contribution in [0.1, 0.15) is 32.1 Å². The number of carbonyl (C=O) groups excluding carboxylic acids is 2. The average molecular weight is 700 g/mol. The predicted molar refractivity (Wildman–Crippen MR) is 152 cm³/mol. The SMILES string of the molecule is C=CC[n+]1cc(C#N)n(CC(=O)c2ccc(F)cc2)c1.C=CCn1cnc(C#N)c1.O=C(CBr)c1ccc(F)cc1.[Br-]. The maximum atomic E-state index is 12.8. The van der Waals surface area contributed by atoms with Crippen LogP contribution in [0.5, 0.6) is 0 Å². The number of hydrogen-bond acceptors (Lipinski definition) is 5. The molecular weight excluding hydrogens is 674 g/mol. The molecule has 2 aromatic heterocycles. The van der Waals surface area contributed by atoms with Gasteiger partial charge in [-0.15, -0.1) is 6.58 Å². The zero-order valence-electron chi connectivity index (χ0n) is 22.3. The van der Waals surface area contributed by atoms with Gasteiger partial charge in [-0.1, -0.05) is 34.7 Å². The lowest BCUT2D eigenvalue weighted by molar-refractivity contribution is -0.686. The lowest BCUT2D eigenvalue weighted by atomic mass is 10.1. The van der Waals surface area contributed by atoms with Crippen LogP contribution in [0.4, 0.5) is 8.78 Å². The lowest BCUT2D eigenvalue weighted by Gasteiger charge is -1.99. The first-order valence-electron chi connectivity index (χ1n) is 12.0. The van der Waals surface area contributed by atoms with Gasteiger partial charge in [0.2, 0.25) is 17.8 Å². The predicted octanol–water partition coefficient (Wildman–Crippen LogP) is 2.20. The van der Waals surface area contributed by atoms with Crippen LogP contribution in [0.15, 0.2) is 98.9 Å². The number of ketones is 2. The first-order valence-corrected chi connectivity index (χ1v) is 13.1. The number of rotatable bonds is 9. The summed E-state index contributed by atoms with van der Waals surface area (Å²) in [5, 5.41) is 17.7. The first-order chi connectivity index (χ1) is 19.7. The molecule has 0 aliphatic carbocycles. The maximum absolute atomic E-state index is 12.8. The molecule has 0 fully saturated rings. The normalized spacial score (nSPS) is 9.36. The summed E-state index contributed by atoms with van der Waals surface area (Å²) in [6, 6.07) is 14.8. The molecule has 0 saturated carbocycles. The maximum Gasteiger partial charge on any atom is 0.245 e. The topological polar surface area (TPSA) is 108 Å². The summed E-state index contributed by atoms with van der Waals surface area (Å²) >= 11 is 3.03. The molecule has 2 aromatic carbocycles. The Bertz CT molecular complexity index is 1570. The second-order valence-corrected chi connectivity index (χ2v) is 8.77. The van der Waals surface area contributed by atoms with Gasteiger partial charge in [0.25, 0.3) is 0 Å². The Morgan fingerprint density at radius 2 is 1.52 bits per heavy atom. The number of nitrogens with zero attached hydrogens (tertiary/aromatic N) is 6. The fourth-order valence-electron chi connectivity index (χ4n) is 3.24. The molecule has 4 rings (SSSR count). The number of alkyl halides is 1. The van der Waals surface area contributed by atoms with Gasteiger partial charge in [0, 0.05) is 23.9 Å². The van der Waals surface area contributed by atoms with Crippen molar-refractivity contribution < 1.29 is 39.9 Å². The molecule has 12 heteroatoms. The van der Waals surface area contributed by atoms with Gasteiger partial charge in [0.05, 0.1) is 11.7 Å². The lowest BCUT2D eigenvalue weighted by Crippen LogP contribution is -3.00. The second kappa shape index (κ2) is 18.8. The third-order valence-corrected chi connectivity index (χ3v) is 5.70. The van der Waals surface area contributed by atoms with Gasteiger partial charge < -0.3 is 21.5 Å². The van der Waals surface area contributed by atoms with Crippen molar-refractivity contribution in [2.45, 2.75) is 19.6 Å². The molecule has 0 bridgehead atoms. The summed E-state index contributed by atoms with van der Waals surface area (Å²) in [4.78, 5) is 26.8. The molecular formula is C30H26Br2F2N6O2. The van der Waals surface area contributed by atoms with Crippen molar-refractivity contribution in [1.82, 2.24) is 14.1 Å². The number of Topliss-reactive ketones (excluding diaryl/α,β-unsaturated/α-hetero) is 2. The minimum Gasteiger partial charge on any atom is -1.00 e. The number of halogens is 4. The quantitative estimate of drug-likeness (QED) is 0.115. The molecule has 8 nitrogen and oxygen atoms in total. The number of carbonyl (C=O) groups is 2. The van der Waals surface area contributed by atoms with E-state index in [1.54, 1.807) is 50.9 Å². The Balaban J connectivity index is 0.000000341. The van der Waals surface area contributed by atoms with E-state index < -0.39 is 0 Å². The third-order valence-electron chi connectivity index (χ3n) is 5.20. The molecule has 0 spiro atoms. The molecule has 0 N–H and O–H groups in total. The molecule has 0 unspecified atom stereocenters. The highest BCUT2D eigenvalue weighted by atomic mass is 79.9. The van der Waals surface area contributed by atoms with Crippen LogP contribution in [-0.2, 0) is 19.6 Å². The van der Waals surface area contributed by atoms with E-state index in [1.807, 2.05) is 12.1 Å². The van der Waals surface area contributed by atoms with E-state index in [0.717, 1.165) is 0 Å². The van der Waals surface area contributed by atoms with E-state index in [-0.39, 0.29) is 52.1 Å². The van der Waals surface area contributed by atoms with E-state index in [0.29, 0.717) is 35.6 Å². The molecule has 216 valence electrons. The molecule has 0 aliphatic heterocycles. The summed E-state index contributed by atoms with van der Waals surface area (Å²) in [6.45, 7) is 8.49. The van der Waals surface area contributed by atoms with Gasteiger partial charge in [-0.05, 0) is 48.5 Å². The van der Waals surface area contributed by atoms with Crippen LogP contribution in [0, 0.1) is 34.3 Å². The van der Waals surface area contributed by atoms with Crippen LogP contribution >= 0.6 is 15.9 Å². The van der Waals surface area contributed by atoms with Crippen molar-refractivity contribution in [3.05, 3.63) is 133 Å². The molecule has 42 heavy (non-hydrogen) atoms. The molecule has 0 amide bonds. The number of aromatic nitrogens is 4. The highest BCUT2D eigenvalue weighted by Gasteiger charge is 2.17. The Kier molecular flexibility index (Phi) is 15.9. The fraction of sp³-hybridized carbons (Fsp3) is 0.133. The summed E-state index contributed by atoms with van der Waals surface area (Å²) in [6.07, 6.45) is 10.1. The minimum absolute atomic E-state index is 0. The third kappa shape index (κ3) is 11.5. The number of benzene rings is 2. The molecule has 0 radical (unpaired) electrons. The largest absolute Gasteiger partial charge is 1.00 e. The van der Waals surface area contributed by atoms with Gasteiger partial charge in [0.15, 0.2) is 18.0 Å². The minimum atomic E-state index is -0.385. The molecule has 0 aliphatic rings. The van der Waals surface area contributed by atoms with Crippen LogP contribution in [0.25, 0.3) is 0 Å². The molecule has 0 atom stereocenters. The van der Waals surface area contributed by atoms with E-state index in [4.69, 9.17) is 10.5 Å². The molecule has 2 heterocycles. The van der Waals surface area contributed by atoms with Gasteiger partial charge in [-0.2, -0.15) is 10.5 Å². The molecule has 0 saturated heterocycles. The van der Waals surface area contributed by atoms with Crippen molar-refractivity contribution in [2.75, 3.05) is 5.33 Å². The van der Waals surface area contributed by atoms with E-state index in [1.165, 1.54) is 48.5 Å². The van der Waals surface area contributed by atoms with Crippen molar-refractivity contribution in [1.29, 1.82) is 10.5 Å². The number of allylic oxidation sites excluding steroid dienone is 2. The Morgan fingerprint density at radius 1 is 0.952 bits per heavy atom. The van der Waals surface area contributed by atoms with Crippen molar-refractivity contribution >= 4 is 27.5 Å². The summed E-state index contributed by atoms with van der Waals surface area (Å²) in [5.41, 5.74) is 1.78. The zero-order chi connectivity index (χ0) is 30.2. The van der Waals surface area contributed by atoms with Gasteiger partial charge in [-0.25, -0.2) is 22.9 Å². The summed E-state index contributed by atoms with van der Waals surface area (Å²) in [7, 11) is 0. The van der Waals surface area contributed by atoms with Crippen LogP contribution in [-0.4, -0.2) is 31.0 Å². The van der Waals surface area contributed by atoms with Crippen molar-refractivity contribution in [3.63, 3.8) is 0 Å². The van der Waals surface area contributed by atoms with Gasteiger partial charge >= 0.3 is 0 Å². The Labute approximate surface area is 261 Å². The molecule has 4 aromatic rings. The van der Waals surface area contributed by atoms with E-state index in [2.05, 4.69) is 34.1 Å². The fourth-order valence-corrected chi connectivity index (χ4v) is 3.56. The second-order valence-electron chi connectivity index (χ2n) is 8.20. The van der Waals surface area contributed by atoms with Crippen LogP contribution in [0.2, 0.25) is 0 Å². The Morgan fingerprint density at radius 3 is 1.98 bits per heavy atom. The van der Waals surface area contributed by atoms with Crippen LogP contribution in [0.3, 0.4) is 0 Å². The number of imidazole rings is 2. The number of nitriles is 2. The van der Waals surface area contributed by atoms with Crippen molar-refractivity contribution in [3.8, 4) is 12.1 Å². The smallest absolute Gasteiger partial charge is 0.245 e. The van der Waals surface area contributed by atoms with E-state index in [9.17, 15) is 18.4 Å². The van der Waals surface area contributed by atoms with Gasteiger partial charge in [-0.3, -0.25) is 9.59 Å². The zero-order valence-corrected chi connectivity index (χ0v) is 25.5. The first kappa shape index (κ1) is 35.5. The van der Waals surface area contributed by atoms with Crippen molar-refractivity contribution in [2.24, 2.45) is 0 Å². The highest BCUT2D eigenvalue weighted by molar-refractivity contribution is 9.09. The standard InChI is InChI=1S/C15H13FN3O.C8H6BrFO.C7H7N3.BrH/c1-2-7-18-9-14(8-17)19(11-18)10-15(20)12-3-5-13(16)6-4-12;9-5-8(11)6-1-3-7(10)4-2-6;1-2-3-10-5-7(4-8)9-6-10;/h2-6,9,11H,1,7,10H2;1-4H,5H2;2,5-6H,1,3H2;1H/q+1;;;/p-1. The summed E-state index contributed by atoms with van der Waals surface area (Å²) in [5.74, 6) is -0.923. The number of hydrogen-bond donors (Lipinski definition) is 0. The summed E-state index contributed by atoms with van der Waals surface area (Å²) < 4.78 is 30.3. The highest BCUT2D eigenvalue weighted by Crippen LogP contribution is 2.07. The average Bonchev–Trinajstić information content (AvgIpc) is 3.60. The monoisotopic (exact) mass is 698 g/mol. The Hall–Kier alpha value is -4.52.